The number of hydrogen-bond donors (Lipinski definition) is 3. The maximum atomic E-state index is 13.3. The second-order valence-corrected chi connectivity index (χ2v) is 8.41. The van der Waals surface area contributed by atoms with Crippen molar-refractivity contribution in [2.24, 2.45) is 0 Å². The average Bonchev–Trinajstić information content (AvgIpc) is 3.53. The number of hydrogen-bond acceptors (Lipinski definition) is 8. The molecule has 166 valence electrons. The molecule has 1 unspecified atom stereocenters. The Morgan fingerprint density at radius 2 is 2.33 bits per heavy atom. The minimum atomic E-state index is -0.398. The van der Waals surface area contributed by atoms with E-state index in [9.17, 15) is 4.79 Å². The van der Waals surface area contributed by atoms with Gasteiger partial charge in [0.2, 0.25) is 0 Å². The van der Waals surface area contributed by atoms with E-state index in [0.29, 0.717) is 19.2 Å². The fourth-order valence-electron chi connectivity index (χ4n) is 4.37. The zero-order chi connectivity index (χ0) is 21.1. The Hall–Kier alpha value is -1.78. The Morgan fingerprint density at radius 1 is 1.50 bits per heavy atom. The highest BCUT2D eigenvalue weighted by molar-refractivity contribution is 5.82. The van der Waals surface area contributed by atoms with E-state index in [2.05, 4.69) is 46.0 Å². The van der Waals surface area contributed by atoms with Crippen molar-refractivity contribution in [1.82, 2.24) is 26.1 Å². The molecule has 0 spiro atoms. The number of morpholine rings is 1. The monoisotopic (exact) mass is 418 g/mol. The van der Waals surface area contributed by atoms with Gasteiger partial charge < -0.3 is 24.8 Å². The number of ether oxygens (including phenoxy) is 1. The Labute approximate surface area is 178 Å². The lowest BCUT2D eigenvalue weighted by Gasteiger charge is -2.37. The summed E-state index contributed by atoms with van der Waals surface area (Å²) in [7, 11) is 1.63. The van der Waals surface area contributed by atoms with E-state index in [1.54, 1.807) is 7.11 Å². The van der Waals surface area contributed by atoms with Crippen LogP contribution in [0.2, 0.25) is 0 Å². The van der Waals surface area contributed by atoms with E-state index in [1.165, 1.54) is 0 Å². The van der Waals surface area contributed by atoms with Crippen LogP contribution in [0.4, 0.5) is 5.69 Å². The van der Waals surface area contributed by atoms with Gasteiger partial charge in [0.15, 0.2) is 0 Å². The first kappa shape index (κ1) is 21.5. The molecule has 0 radical (unpaired) electrons. The summed E-state index contributed by atoms with van der Waals surface area (Å²) in [5.74, 6) is 0.0930. The first-order chi connectivity index (χ1) is 14.6. The number of aryl methyl sites for hydroxylation is 1. The number of nitrogens with one attached hydrogen (secondary N) is 3. The number of fused-ring (bicyclic) bond motifs is 1. The molecule has 1 amide bonds. The summed E-state index contributed by atoms with van der Waals surface area (Å²) in [5, 5.41) is 5.44. The van der Waals surface area contributed by atoms with Crippen LogP contribution in [-0.2, 0) is 14.4 Å². The maximum absolute atomic E-state index is 13.3. The van der Waals surface area contributed by atoms with Gasteiger partial charge in [-0.15, -0.1) is 0 Å². The summed E-state index contributed by atoms with van der Waals surface area (Å²) in [5.41, 5.74) is 9.76. The number of hydroxylamine groups is 1. The van der Waals surface area contributed by atoms with E-state index in [-0.39, 0.29) is 18.0 Å². The van der Waals surface area contributed by atoms with Crippen LogP contribution in [-0.4, -0.2) is 73.9 Å². The third-order valence-corrected chi connectivity index (χ3v) is 6.04. The summed E-state index contributed by atoms with van der Waals surface area (Å²) in [6.45, 7) is 7.74. The third-order valence-electron chi connectivity index (χ3n) is 6.04. The van der Waals surface area contributed by atoms with Crippen molar-refractivity contribution in [1.29, 1.82) is 0 Å². The highest BCUT2D eigenvalue weighted by Gasteiger charge is 2.44. The van der Waals surface area contributed by atoms with E-state index in [1.807, 2.05) is 6.20 Å². The van der Waals surface area contributed by atoms with Crippen molar-refractivity contribution in [2.45, 2.75) is 57.3 Å². The zero-order valence-corrected chi connectivity index (χ0v) is 18.2. The molecule has 4 rings (SSSR count). The van der Waals surface area contributed by atoms with E-state index in [4.69, 9.17) is 14.6 Å². The topological polar surface area (TPSA) is 91.0 Å². The standard InChI is InChI=1S/C21H34N6O3/c1-14-11-17-20(23-12-14)19(25-26(17)9-4-7-24-29-3)15(2)27(16-5-6-16)21(28)18-13-22-8-10-30-18/h11-12,15-16,18-19,22,24-25H,4-10,13H2,1-3H3/t15-,18-,19?/m1/s1. The molecule has 9 heteroatoms. The predicted molar refractivity (Wildman–Crippen MR) is 114 cm³/mol. The number of anilines is 1. The molecule has 2 fully saturated rings. The van der Waals surface area contributed by atoms with Crippen LogP contribution in [0.3, 0.4) is 0 Å². The molecule has 3 N–H and O–H groups in total. The summed E-state index contributed by atoms with van der Waals surface area (Å²) in [6.07, 6.45) is 4.55. The van der Waals surface area contributed by atoms with Crippen molar-refractivity contribution in [3.63, 3.8) is 0 Å². The summed E-state index contributed by atoms with van der Waals surface area (Å²) >= 11 is 0. The molecular weight excluding hydrogens is 384 g/mol. The SMILES string of the molecule is CONCCCN1NC([C@@H](C)N(C(=O)[C@H]2CNCCO2)C2CC2)c2ncc(C)cc21. The Bertz CT molecular complexity index is 737. The fourth-order valence-corrected chi connectivity index (χ4v) is 4.37. The van der Waals surface area contributed by atoms with Gasteiger partial charge in [-0.3, -0.25) is 9.78 Å². The van der Waals surface area contributed by atoms with Gasteiger partial charge in [0.05, 0.1) is 37.2 Å². The number of hydrazine groups is 1. The molecule has 2 aliphatic heterocycles. The van der Waals surface area contributed by atoms with Crippen LogP contribution in [0.5, 0.6) is 0 Å². The number of rotatable bonds is 9. The Morgan fingerprint density at radius 3 is 3.03 bits per heavy atom. The molecule has 1 saturated heterocycles. The smallest absolute Gasteiger partial charge is 0.253 e. The van der Waals surface area contributed by atoms with Crippen molar-refractivity contribution in [2.75, 3.05) is 44.9 Å². The number of aromatic nitrogens is 1. The molecule has 3 atom stereocenters. The molecule has 1 saturated carbocycles. The number of pyridine rings is 1. The maximum Gasteiger partial charge on any atom is 0.253 e. The van der Waals surface area contributed by atoms with Crippen LogP contribution in [0.1, 0.15) is 43.5 Å². The Kier molecular flexibility index (Phi) is 6.84. The van der Waals surface area contributed by atoms with Crippen molar-refractivity contribution in [3.8, 4) is 0 Å². The normalized spacial score (nSPS) is 24.6. The second kappa shape index (κ2) is 9.57. The van der Waals surface area contributed by atoms with E-state index >= 15 is 0 Å². The minimum absolute atomic E-state index is 0.0217. The van der Waals surface area contributed by atoms with E-state index in [0.717, 1.165) is 55.8 Å². The number of carbonyl (C=O) groups excluding carboxylic acids is 1. The molecule has 1 aromatic heterocycles. The van der Waals surface area contributed by atoms with Crippen LogP contribution < -0.4 is 21.2 Å². The first-order valence-corrected chi connectivity index (χ1v) is 11.0. The Balaban J connectivity index is 1.52. The van der Waals surface area contributed by atoms with Crippen LogP contribution >= 0.6 is 0 Å². The summed E-state index contributed by atoms with van der Waals surface area (Å²) in [6, 6.07) is 2.40. The predicted octanol–water partition coefficient (Wildman–Crippen LogP) is 0.665. The molecule has 0 aromatic carbocycles. The summed E-state index contributed by atoms with van der Waals surface area (Å²) in [4.78, 5) is 25.1. The second-order valence-electron chi connectivity index (χ2n) is 8.41. The number of nitrogens with zero attached hydrogens (tertiary/aromatic N) is 3. The highest BCUT2D eigenvalue weighted by atomic mass is 16.6. The molecular formula is C21H34N6O3. The van der Waals surface area contributed by atoms with E-state index < -0.39 is 6.10 Å². The molecule has 0 bridgehead atoms. The molecule has 1 aliphatic carbocycles. The van der Waals surface area contributed by atoms with Crippen LogP contribution in [0.15, 0.2) is 12.3 Å². The van der Waals surface area contributed by atoms with Gasteiger partial charge in [0.25, 0.3) is 5.91 Å². The molecule has 9 nitrogen and oxygen atoms in total. The molecule has 3 aliphatic rings. The van der Waals surface area contributed by atoms with Gasteiger partial charge in [-0.25, -0.2) is 10.9 Å². The zero-order valence-electron chi connectivity index (χ0n) is 18.2. The number of carbonyl (C=O) groups is 1. The molecule has 1 aromatic rings. The molecule has 30 heavy (non-hydrogen) atoms. The van der Waals surface area contributed by atoms with Gasteiger partial charge in [-0.1, -0.05) is 0 Å². The average molecular weight is 419 g/mol. The van der Waals surface area contributed by atoms with Gasteiger partial charge in [-0.2, -0.15) is 0 Å². The summed E-state index contributed by atoms with van der Waals surface area (Å²) < 4.78 is 5.77. The highest BCUT2D eigenvalue weighted by Crippen LogP contribution is 2.39. The van der Waals surface area contributed by atoms with Crippen LogP contribution in [0.25, 0.3) is 0 Å². The van der Waals surface area contributed by atoms with Gasteiger partial charge >= 0.3 is 0 Å². The van der Waals surface area contributed by atoms with Crippen LogP contribution in [0, 0.1) is 6.92 Å². The quantitative estimate of drug-likeness (QED) is 0.398. The van der Waals surface area contributed by atoms with Crippen molar-refractivity contribution < 1.29 is 14.4 Å². The third kappa shape index (κ3) is 4.60. The van der Waals surface area contributed by atoms with Gasteiger partial charge in [0, 0.05) is 38.4 Å². The lowest BCUT2D eigenvalue weighted by molar-refractivity contribution is -0.148. The lowest BCUT2D eigenvalue weighted by atomic mass is 10.0. The number of amides is 1. The van der Waals surface area contributed by atoms with Crippen molar-refractivity contribution >= 4 is 11.6 Å². The van der Waals surface area contributed by atoms with Gasteiger partial charge in [0.1, 0.15) is 6.10 Å². The molecule has 3 heterocycles. The lowest BCUT2D eigenvalue weighted by Crippen LogP contribution is -2.55. The first-order valence-electron chi connectivity index (χ1n) is 11.0. The van der Waals surface area contributed by atoms with Gasteiger partial charge in [-0.05, 0) is 44.7 Å². The largest absolute Gasteiger partial charge is 0.366 e. The minimum Gasteiger partial charge on any atom is -0.366 e. The van der Waals surface area contributed by atoms with Crippen molar-refractivity contribution in [3.05, 3.63) is 23.5 Å². The fraction of sp³-hybridized carbons (Fsp3) is 0.714.